The lowest BCUT2D eigenvalue weighted by Crippen LogP contribution is -2.50. The van der Waals surface area contributed by atoms with Crippen LogP contribution in [0.1, 0.15) is 26.2 Å². The highest BCUT2D eigenvalue weighted by Crippen LogP contribution is 2.15. The predicted octanol–water partition coefficient (Wildman–Crippen LogP) is 2.81. The van der Waals surface area contributed by atoms with Gasteiger partial charge in [0.1, 0.15) is 0 Å². The van der Waals surface area contributed by atoms with Gasteiger partial charge >= 0.3 is 6.03 Å². The summed E-state index contributed by atoms with van der Waals surface area (Å²) in [5, 5.41) is 5.86. The van der Waals surface area contributed by atoms with Crippen LogP contribution in [0.2, 0.25) is 0 Å². The van der Waals surface area contributed by atoms with E-state index in [0.717, 1.165) is 28.6 Å². The number of halogens is 1. The molecule has 0 radical (unpaired) electrons. The number of anilines is 1. The van der Waals surface area contributed by atoms with Crippen molar-refractivity contribution in [3.05, 3.63) is 27.8 Å². The molecule has 2 rings (SSSR count). The summed E-state index contributed by atoms with van der Waals surface area (Å²) in [4.78, 5) is 25.5. The monoisotopic (exact) mass is 401 g/mol. The third kappa shape index (κ3) is 4.87. The van der Waals surface area contributed by atoms with Crippen LogP contribution in [0.15, 0.2) is 24.3 Å². The van der Waals surface area contributed by atoms with Crippen molar-refractivity contribution in [1.82, 2.24) is 10.2 Å². The summed E-state index contributed by atoms with van der Waals surface area (Å²) in [5.74, 6) is 0.0416. The lowest BCUT2D eigenvalue weighted by Gasteiger charge is -2.33. The molecule has 114 valence electrons. The molecule has 1 unspecified atom stereocenters. The molecule has 1 heterocycles. The largest absolute Gasteiger partial charge is 0.352 e. The lowest BCUT2D eigenvalue weighted by atomic mass is 10.1. The number of nitrogens with zero attached hydrogens (tertiary/aromatic N) is 1. The fraction of sp³-hybridized carbons (Fsp3) is 0.467. The summed E-state index contributed by atoms with van der Waals surface area (Å²) in [6.07, 6.45) is 2.32. The molecule has 0 spiro atoms. The average molecular weight is 401 g/mol. The first-order valence-electron chi connectivity index (χ1n) is 7.19. The smallest absolute Gasteiger partial charge is 0.321 e. The summed E-state index contributed by atoms with van der Waals surface area (Å²) >= 11 is 2.23. The van der Waals surface area contributed by atoms with Crippen molar-refractivity contribution in [1.29, 1.82) is 0 Å². The molecular formula is C15H20IN3O2. The van der Waals surface area contributed by atoms with Crippen LogP contribution in [0.3, 0.4) is 0 Å². The predicted molar refractivity (Wildman–Crippen MR) is 91.2 cm³/mol. The molecule has 1 saturated heterocycles. The average Bonchev–Trinajstić information content (AvgIpc) is 2.49. The van der Waals surface area contributed by atoms with Gasteiger partial charge in [0.15, 0.2) is 0 Å². The third-order valence-electron chi connectivity index (χ3n) is 3.49. The van der Waals surface area contributed by atoms with Gasteiger partial charge in [0.2, 0.25) is 5.91 Å². The van der Waals surface area contributed by atoms with E-state index in [1.807, 2.05) is 31.2 Å². The highest BCUT2D eigenvalue weighted by molar-refractivity contribution is 14.1. The SMILES string of the molecule is CCC(=O)NC1CCCN(C(=O)Nc2ccc(I)cc2)C1. The first kappa shape index (κ1) is 16.1. The van der Waals surface area contributed by atoms with Crippen LogP contribution < -0.4 is 10.6 Å². The van der Waals surface area contributed by atoms with Crippen molar-refractivity contribution < 1.29 is 9.59 Å². The maximum Gasteiger partial charge on any atom is 0.321 e. The highest BCUT2D eigenvalue weighted by atomic mass is 127. The van der Waals surface area contributed by atoms with Crippen molar-refractivity contribution in [2.45, 2.75) is 32.2 Å². The molecule has 0 bridgehead atoms. The Balaban J connectivity index is 1.89. The zero-order valence-electron chi connectivity index (χ0n) is 12.1. The molecule has 0 aromatic heterocycles. The third-order valence-corrected chi connectivity index (χ3v) is 4.21. The number of amides is 3. The number of likely N-dealkylation sites (tertiary alicyclic amines) is 1. The number of carbonyl (C=O) groups excluding carboxylic acids is 2. The fourth-order valence-corrected chi connectivity index (χ4v) is 2.70. The van der Waals surface area contributed by atoms with Crippen LogP contribution in [-0.2, 0) is 4.79 Å². The summed E-state index contributed by atoms with van der Waals surface area (Å²) in [6.45, 7) is 3.13. The molecule has 1 aromatic carbocycles. The van der Waals surface area contributed by atoms with E-state index in [-0.39, 0.29) is 18.0 Å². The Labute approximate surface area is 138 Å². The van der Waals surface area contributed by atoms with Crippen molar-refractivity contribution in [3.63, 3.8) is 0 Å². The van der Waals surface area contributed by atoms with E-state index in [1.54, 1.807) is 4.90 Å². The molecule has 3 amide bonds. The molecule has 1 aliphatic rings. The topological polar surface area (TPSA) is 61.4 Å². The van der Waals surface area contributed by atoms with E-state index in [0.29, 0.717) is 13.0 Å². The van der Waals surface area contributed by atoms with E-state index in [9.17, 15) is 9.59 Å². The molecule has 0 aliphatic carbocycles. The summed E-state index contributed by atoms with van der Waals surface area (Å²) in [5.41, 5.74) is 0.792. The standard InChI is InChI=1S/C15H20IN3O2/c1-2-14(20)17-13-4-3-9-19(10-13)15(21)18-12-7-5-11(16)6-8-12/h5-8,13H,2-4,9-10H2,1H3,(H,17,20)(H,18,21). The molecule has 6 heteroatoms. The number of hydrogen-bond donors (Lipinski definition) is 2. The van der Waals surface area contributed by atoms with Gasteiger partial charge in [-0.25, -0.2) is 4.79 Å². The van der Waals surface area contributed by atoms with Crippen molar-refractivity contribution in [3.8, 4) is 0 Å². The maximum absolute atomic E-state index is 12.3. The van der Waals surface area contributed by atoms with Crippen LogP contribution in [0.4, 0.5) is 10.5 Å². The fourth-order valence-electron chi connectivity index (χ4n) is 2.34. The van der Waals surface area contributed by atoms with Gasteiger partial charge < -0.3 is 15.5 Å². The second kappa shape index (κ2) is 7.63. The Morgan fingerprint density at radius 2 is 2.05 bits per heavy atom. The minimum absolute atomic E-state index is 0.0416. The van der Waals surface area contributed by atoms with Crippen molar-refractivity contribution >= 4 is 40.2 Å². The van der Waals surface area contributed by atoms with Gasteiger partial charge in [-0.3, -0.25) is 4.79 Å². The summed E-state index contributed by atoms with van der Waals surface area (Å²) in [6, 6.07) is 7.65. The number of urea groups is 1. The molecular weight excluding hydrogens is 381 g/mol. The van der Waals surface area contributed by atoms with Gasteiger partial charge in [0, 0.05) is 34.8 Å². The molecule has 21 heavy (non-hydrogen) atoms. The van der Waals surface area contributed by atoms with E-state index in [2.05, 4.69) is 33.2 Å². The minimum Gasteiger partial charge on any atom is -0.352 e. The molecule has 2 N–H and O–H groups in total. The zero-order valence-corrected chi connectivity index (χ0v) is 14.2. The van der Waals surface area contributed by atoms with E-state index < -0.39 is 0 Å². The Morgan fingerprint density at radius 1 is 1.33 bits per heavy atom. The Kier molecular flexibility index (Phi) is 5.84. The van der Waals surface area contributed by atoms with Crippen LogP contribution in [0, 0.1) is 3.57 Å². The van der Waals surface area contributed by atoms with Crippen molar-refractivity contribution in [2.24, 2.45) is 0 Å². The quantitative estimate of drug-likeness (QED) is 0.766. The number of rotatable bonds is 3. The van der Waals surface area contributed by atoms with E-state index >= 15 is 0 Å². The summed E-state index contributed by atoms with van der Waals surface area (Å²) in [7, 11) is 0. The highest BCUT2D eigenvalue weighted by Gasteiger charge is 2.24. The molecule has 1 fully saturated rings. The first-order chi connectivity index (χ1) is 10.1. The lowest BCUT2D eigenvalue weighted by molar-refractivity contribution is -0.121. The van der Waals surface area contributed by atoms with Gasteiger partial charge in [0.25, 0.3) is 0 Å². The second-order valence-corrected chi connectivity index (χ2v) is 6.39. The minimum atomic E-state index is -0.105. The molecule has 1 atom stereocenters. The number of nitrogens with one attached hydrogen (secondary N) is 2. The summed E-state index contributed by atoms with van der Waals surface area (Å²) < 4.78 is 1.13. The van der Waals surface area contributed by atoms with Crippen molar-refractivity contribution in [2.75, 3.05) is 18.4 Å². The van der Waals surface area contributed by atoms with Gasteiger partial charge in [-0.1, -0.05) is 6.92 Å². The van der Waals surface area contributed by atoms with Crippen LogP contribution in [0.5, 0.6) is 0 Å². The van der Waals surface area contributed by atoms with Gasteiger partial charge in [-0.2, -0.15) is 0 Å². The Bertz CT molecular complexity index is 504. The van der Waals surface area contributed by atoms with E-state index in [4.69, 9.17) is 0 Å². The van der Waals surface area contributed by atoms with E-state index in [1.165, 1.54) is 0 Å². The Morgan fingerprint density at radius 3 is 2.71 bits per heavy atom. The normalized spacial score (nSPS) is 18.2. The number of hydrogen-bond acceptors (Lipinski definition) is 2. The number of benzene rings is 1. The number of piperidine rings is 1. The number of carbonyl (C=O) groups is 2. The maximum atomic E-state index is 12.3. The molecule has 5 nitrogen and oxygen atoms in total. The second-order valence-electron chi connectivity index (χ2n) is 5.14. The van der Waals surface area contributed by atoms with Crippen LogP contribution in [-0.4, -0.2) is 36.0 Å². The molecule has 1 aromatic rings. The Hall–Kier alpha value is -1.31. The van der Waals surface area contributed by atoms with Gasteiger partial charge in [0.05, 0.1) is 0 Å². The zero-order chi connectivity index (χ0) is 15.2. The first-order valence-corrected chi connectivity index (χ1v) is 8.27. The molecule has 1 aliphatic heterocycles. The molecule has 0 saturated carbocycles. The van der Waals surface area contributed by atoms with Crippen LogP contribution in [0.25, 0.3) is 0 Å². The van der Waals surface area contributed by atoms with Gasteiger partial charge in [-0.15, -0.1) is 0 Å². The van der Waals surface area contributed by atoms with Crippen LogP contribution >= 0.6 is 22.6 Å². The van der Waals surface area contributed by atoms with Gasteiger partial charge in [-0.05, 0) is 59.7 Å².